The normalized spacial score (nSPS) is 24.1. The highest BCUT2D eigenvalue weighted by atomic mass is 16.5. The van der Waals surface area contributed by atoms with Crippen molar-refractivity contribution in [2.24, 2.45) is 5.41 Å². The van der Waals surface area contributed by atoms with Crippen molar-refractivity contribution >= 4 is 51.7 Å². The molecule has 6 aromatic carbocycles. The predicted octanol–water partition coefficient (Wildman–Crippen LogP) is 13.9. The van der Waals surface area contributed by atoms with E-state index in [1.54, 1.807) is 25.7 Å². The van der Waals surface area contributed by atoms with Crippen molar-refractivity contribution in [3.8, 4) is 68.3 Å². The van der Waals surface area contributed by atoms with Gasteiger partial charge in [-0.2, -0.15) is 0 Å². The van der Waals surface area contributed by atoms with Crippen LogP contribution in [0.15, 0.2) is 201 Å². The molecule has 2 saturated heterocycles. The highest BCUT2D eigenvalue weighted by Crippen LogP contribution is 2.61. The number of benzene rings is 6. The summed E-state index contributed by atoms with van der Waals surface area (Å²) in [5, 5.41) is 10.2. The van der Waals surface area contributed by atoms with Crippen molar-refractivity contribution in [1.29, 1.82) is 0 Å². The minimum Gasteiger partial charge on any atom is -0.457 e. The highest BCUT2D eigenvalue weighted by Gasteiger charge is 2.61. The first-order chi connectivity index (χ1) is 55.9. The number of para-hydroxylation sites is 3. The van der Waals surface area contributed by atoms with Gasteiger partial charge in [-0.05, 0) is 212 Å². The van der Waals surface area contributed by atoms with Crippen molar-refractivity contribution in [2.75, 3.05) is 77.0 Å². The lowest BCUT2D eigenvalue weighted by Crippen LogP contribution is -2.57. The van der Waals surface area contributed by atoms with Crippen molar-refractivity contribution in [2.45, 2.75) is 143 Å². The molecule has 6 aromatic heterocycles. The van der Waals surface area contributed by atoms with E-state index in [4.69, 9.17) is 60.6 Å². The quantitative estimate of drug-likeness (QED) is 0.0389. The second-order valence-corrected chi connectivity index (χ2v) is 33.2. The third-order valence-electron chi connectivity index (χ3n) is 25.6. The van der Waals surface area contributed by atoms with Gasteiger partial charge in [0.05, 0.1) is 45.0 Å². The molecule has 12 aromatic rings. The number of nitrogen functional groups attached to an aromatic ring is 3. The molecule has 8 fully saturated rings. The number of ether oxygens (including phenoxy) is 6. The molecule has 0 spiro atoms. The van der Waals surface area contributed by atoms with Crippen LogP contribution in [0.4, 0.5) is 17.5 Å². The van der Waals surface area contributed by atoms with Crippen molar-refractivity contribution in [3.63, 3.8) is 0 Å². The molecule has 115 heavy (non-hydrogen) atoms. The average molecular weight is 1550 g/mol. The van der Waals surface area contributed by atoms with Crippen LogP contribution >= 0.6 is 0 Å². The molecule has 8 aliphatic rings. The smallest absolute Gasteiger partial charge is 0.234 e. The molecular formula is C90H96N16O9. The van der Waals surface area contributed by atoms with Gasteiger partial charge in [0, 0.05) is 113 Å². The number of nitrogens with zero attached hydrogens (tertiary/aromatic N) is 10. The Labute approximate surface area is 666 Å². The molecule has 20 rings (SSSR count). The van der Waals surface area contributed by atoms with Crippen LogP contribution in [0.1, 0.15) is 127 Å². The highest BCUT2D eigenvalue weighted by molar-refractivity contribution is 5.89. The molecular weight excluding hydrogens is 1450 g/mol. The van der Waals surface area contributed by atoms with Crippen molar-refractivity contribution in [3.05, 3.63) is 218 Å². The van der Waals surface area contributed by atoms with Gasteiger partial charge in [0.1, 0.15) is 103 Å². The largest absolute Gasteiger partial charge is 0.457 e. The van der Waals surface area contributed by atoms with Gasteiger partial charge < -0.3 is 61.6 Å². The zero-order chi connectivity index (χ0) is 78.6. The van der Waals surface area contributed by atoms with E-state index >= 15 is 0 Å². The SMILES string of the molecule is CC1(C(=O)NC23CCC(c4nc(-c5ccc(Oc6ccccc6)cc5)c5c(N)nccn45)(CC2)C3)COC1.COCCC(=O)NC12CCC(c3nc(-c4ccc(Oc5ccccc5)cc4)c4c(N)nccn34)(CC1)C2.Nc1nccn2c(C34CCC(NC(=O)CN5CCOCC5)(CC3)C4)nc(-c3ccc(Oc4ccccc4)cc3)c12. The van der Waals surface area contributed by atoms with E-state index in [0.717, 1.165) is 212 Å². The Hall–Kier alpha value is -11.8. The third-order valence-corrected chi connectivity index (χ3v) is 25.6. The molecule has 9 N–H and O–H groups in total. The van der Waals surface area contributed by atoms with E-state index in [0.29, 0.717) is 63.5 Å². The van der Waals surface area contributed by atoms with Crippen LogP contribution in [-0.2, 0) is 44.8 Å². The number of hydrogen-bond acceptors (Lipinski definition) is 19. The van der Waals surface area contributed by atoms with Gasteiger partial charge in [-0.25, -0.2) is 29.9 Å². The number of hydrogen-bond donors (Lipinski definition) is 6. The monoisotopic (exact) mass is 1540 g/mol. The summed E-state index contributed by atoms with van der Waals surface area (Å²) in [7, 11) is 1.62. The van der Waals surface area contributed by atoms with Gasteiger partial charge in [-0.3, -0.25) is 32.5 Å². The predicted molar refractivity (Wildman–Crippen MR) is 438 cm³/mol. The summed E-state index contributed by atoms with van der Waals surface area (Å²) in [4.78, 5) is 69.7. The van der Waals surface area contributed by atoms with Crippen molar-refractivity contribution in [1.82, 2.24) is 64.0 Å². The van der Waals surface area contributed by atoms with Crippen LogP contribution in [0.5, 0.6) is 34.5 Å². The Balaban J connectivity index is 0.000000120. The summed E-state index contributed by atoms with van der Waals surface area (Å²) in [6.45, 7) is 6.84. The summed E-state index contributed by atoms with van der Waals surface area (Å²) in [5.74, 6) is 9.30. The first-order valence-corrected chi connectivity index (χ1v) is 40.1. The van der Waals surface area contributed by atoms with E-state index in [1.807, 2.05) is 189 Å². The van der Waals surface area contributed by atoms with E-state index < -0.39 is 5.41 Å². The zero-order valence-electron chi connectivity index (χ0n) is 64.9. The number of carbonyl (C=O) groups is 3. The van der Waals surface area contributed by atoms with Crippen LogP contribution in [-0.4, -0.2) is 142 Å². The number of morpholine rings is 1. The Morgan fingerprint density at radius 2 is 0.757 bits per heavy atom. The number of carbonyl (C=O) groups excluding carboxylic acids is 3. The van der Waals surface area contributed by atoms with E-state index in [-0.39, 0.29) is 50.6 Å². The van der Waals surface area contributed by atoms with Gasteiger partial charge in [0.15, 0.2) is 0 Å². The van der Waals surface area contributed by atoms with E-state index in [2.05, 4.69) is 49.0 Å². The molecule has 3 amide bonds. The van der Waals surface area contributed by atoms with Crippen LogP contribution in [0.2, 0.25) is 0 Å². The van der Waals surface area contributed by atoms with Crippen LogP contribution in [0.3, 0.4) is 0 Å². The number of nitrogens with one attached hydrogen (secondary N) is 3. The second-order valence-electron chi connectivity index (χ2n) is 33.2. The Morgan fingerprint density at radius 1 is 0.426 bits per heavy atom. The number of amides is 3. The maximum Gasteiger partial charge on any atom is 0.234 e. The molecule has 2 aliphatic heterocycles. The summed E-state index contributed by atoms with van der Waals surface area (Å²) in [6.07, 6.45) is 25.7. The first kappa shape index (κ1) is 74.6. The standard InChI is InChI=1S/C31H34N6O3.C30H31N5O3.C29H31N5O3/c32-28-27-26(22-6-8-24(9-7-22)40-23-4-2-1-3-5-23)34-29(37(27)15-14-33-28)30-10-12-31(21-30,13-11-30)35-25(38)20-36-16-18-39-19-17-36;1-28(18-37-19-28)27(36)34-30-13-11-29(17-30,12-14-30)26-33-23(24-25(31)32-15-16-35(24)26)20-7-9-22(10-8-20)38-21-5-3-2-4-6-21;1-36-18-11-23(35)33-29-14-12-28(19-29,13-15-29)27-32-24(25-26(30)31-16-17-34(25)27)20-7-9-22(10-8-20)37-21-5-3-2-4-6-21/h1-9,14-15H,10-13,16-21H2,(H2,32,33)(H,35,38);2-10,15-16H,11-14,17-19H2,1H3,(H2,31,32)(H,34,36);2-10,16-17H,11-15,18-19H2,1H3,(H2,30,31)(H,33,35). The molecule has 0 atom stereocenters. The number of nitrogens with two attached hydrogens (primary N) is 3. The zero-order valence-corrected chi connectivity index (χ0v) is 64.9. The van der Waals surface area contributed by atoms with Crippen LogP contribution in [0.25, 0.3) is 50.3 Å². The van der Waals surface area contributed by atoms with Crippen LogP contribution < -0.4 is 47.4 Å². The lowest BCUT2D eigenvalue weighted by molar-refractivity contribution is -0.159. The Morgan fingerprint density at radius 3 is 1.09 bits per heavy atom. The maximum atomic E-state index is 13.1. The summed E-state index contributed by atoms with van der Waals surface area (Å²) in [6, 6.07) is 53.0. The second kappa shape index (κ2) is 30.2. The molecule has 590 valence electrons. The number of imidazole rings is 3. The Bertz CT molecular complexity index is 5550. The molecule has 25 heteroatoms. The lowest BCUT2D eigenvalue weighted by atomic mass is 9.82. The first-order valence-electron chi connectivity index (χ1n) is 40.1. The number of aromatic nitrogens is 9. The van der Waals surface area contributed by atoms with E-state index in [1.165, 1.54) is 0 Å². The number of rotatable bonds is 21. The van der Waals surface area contributed by atoms with Gasteiger partial charge in [0.25, 0.3) is 0 Å². The van der Waals surface area contributed by atoms with Gasteiger partial charge >= 0.3 is 0 Å². The fourth-order valence-electron chi connectivity index (χ4n) is 19.7. The fourth-order valence-corrected chi connectivity index (χ4v) is 19.7. The van der Waals surface area contributed by atoms with Gasteiger partial charge in [-0.15, -0.1) is 0 Å². The topological polar surface area (TPSA) is 315 Å². The molecule has 8 heterocycles. The summed E-state index contributed by atoms with van der Waals surface area (Å²) in [5.41, 5.74) is 25.8. The van der Waals surface area contributed by atoms with Gasteiger partial charge in [-0.1, -0.05) is 54.6 Å². The molecule has 6 aliphatic carbocycles. The minimum absolute atomic E-state index is 0.0551. The van der Waals surface area contributed by atoms with Crippen molar-refractivity contribution < 1.29 is 42.8 Å². The minimum atomic E-state index is -0.410. The number of anilines is 3. The number of fused-ring (bicyclic) bond motifs is 9. The van der Waals surface area contributed by atoms with Crippen LogP contribution in [0, 0.1) is 5.41 Å². The lowest BCUT2D eigenvalue weighted by Gasteiger charge is -2.40. The summed E-state index contributed by atoms with van der Waals surface area (Å²) >= 11 is 0. The fraction of sp³-hybridized carbons (Fsp3) is 0.367. The molecule has 6 bridgehead atoms. The molecule has 0 unspecified atom stereocenters. The average Bonchev–Trinajstić information content (AvgIpc) is 1.56. The molecule has 6 saturated carbocycles. The third kappa shape index (κ3) is 14.4. The van der Waals surface area contributed by atoms with E-state index in [9.17, 15) is 14.4 Å². The molecule has 0 radical (unpaired) electrons. The maximum absolute atomic E-state index is 13.1. The Kier molecular flexibility index (Phi) is 19.6. The van der Waals surface area contributed by atoms with Gasteiger partial charge in [0.2, 0.25) is 17.7 Å². The molecule has 25 nitrogen and oxygen atoms in total. The summed E-state index contributed by atoms with van der Waals surface area (Å²) < 4.78 is 40.1. The number of methoxy groups -OCH3 is 1.